The molecule has 2 rings (SSSR count). The van der Waals surface area contributed by atoms with Gasteiger partial charge in [0, 0.05) is 23.2 Å². The molecule has 23 heavy (non-hydrogen) atoms. The zero-order chi connectivity index (χ0) is 17.0. The Balaban J connectivity index is 2.37. The van der Waals surface area contributed by atoms with E-state index in [1.165, 1.54) is 11.3 Å². The first-order valence-corrected chi connectivity index (χ1v) is 8.36. The topological polar surface area (TPSA) is 63.5 Å². The molecule has 0 saturated carbocycles. The number of aryl methyl sites for hydroxylation is 2. The van der Waals surface area contributed by atoms with Crippen molar-refractivity contribution in [2.75, 3.05) is 6.54 Å². The monoisotopic (exact) mass is 331 g/mol. The Kier molecular flexibility index (Phi) is 5.50. The van der Waals surface area contributed by atoms with E-state index in [0.717, 1.165) is 10.4 Å². The molecule has 5 nitrogen and oxygen atoms in total. The molecule has 1 aromatic carbocycles. The van der Waals surface area contributed by atoms with Gasteiger partial charge in [0.05, 0.1) is 0 Å². The summed E-state index contributed by atoms with van der Waals surface area (Å²) >= 11 is 1.40. The van der Waals surface area contributed by atoms with Gasteiger partial charge >= 0.3 is 0 Å². The minimum absolute atomic E-state index is 0.0884. The minimum atomic E-state index is -0.413. The summed E-state index contributed by atoms with van der Waals surface area (Å²) in [6.07, 6.45) is 1.85. The third-order valence-electron chi connectivity index (χ3n) is 3.44. The second kappa shape index (κ2) is 7.37. The van der Waals surface area contributed by atoms with Gasteiger partial charge in [-0.1, -0.05) is 17.7 Å². The SMILES string of the molecule is CCNC(=O)[C@@H](C)n1cc(C)sc1=NC(=O)c1ccc(C)cc1. The fourth-order valence-corrected chi connectivity index (χ4v) is 3.03. The molecule has 0 spiro atoms. The summed E-state index contributed by atoms with van der Waals surface area (Å²) in [6, 6.07) is 6.88. The number of amides is 2. The van der Waals surface area contributed by atoms with Crippen LogP contribution in [-0.2, 0) is 4.79 Å². The minimum Gasteiger partial charge on any atom is -0.355 e. The van der Waals surface area contributed by atoms with Gasteiger partial charge in [-0.3, -0.25) is 9.59 Å². The third kappa shape index (κ3) is 4.16. The van der Waals surface area contributed by atoms with Crippen molar-refractivity contribution in [3.8, 4) is 0 Å². The molecular formula is C17H21N3O2S. The van der Waals surface area contributed by atoms with E-state index in [1.807, 2.05) is 39.1 Å². The summed E-state index contributed by atoms with van der Waals surface area (Å²) in [4.78, 5) is 30.1. The van der Waals surface area contributed by atoms with Crippen LogP contribution in [0.5, 0.6) is 0 Å². The van der Waals surface area contributed by atoms with Gasteiger partial charge in [0.15, 0.2) is 4.80 Å². The van der Waals surface area contributed by atoms with Crippen molar-refractivity contribution in [2.45, 2.75) is 33.7 Å². The van der Waals surface area contributed by atoms with Crippen molar-refractivity contribution in [1.82, 2.24) is 9.88 Å². The normalized spacial score (nSPS) is 13.0. The van der Waals surface area contributed by atoms with E-state index >= 15 is 0 Å². The summed E-state index contributed by atoms with van der Waals surface area (Å²) in [7, 11) is 0. The van der Waals surface area contributed by atoms with Crippen LogP contribution in [-0.4, -0.2) is 22.9 Å². The zero-order valence-corrected chi connectivity index (χ0v) is 14.6. The number of benzene rings is 1. The summed E-state index contributed by atoms with van der Waals surface area (Å²) in [5.74, 6) is -0.391. The molecular weight excluding hydrogens is 310 g/mol. The number of carbonyl (C=O) groups excluding carboxylic acids is 2. The number of carbonyl (C=O) groups is 2. The van der Waals surface area contributed by atoms with Crippen LogP contribution in [0.1, 0.15) is 40.7 Å². The molecule has 0 radical (unpaired) electrons. The molecule has 0 unspecified atom stereocenters. The predicted molar refractivity (Wildman–Crippen MR) is 91.5 cm³/mol. The molecule has 1 atom stereocenters. The number of likely N-dealkylation sites (N-methyl/N-ethyl adjacent to an activating group) is 1. The number of thiazole rings is 1. The highest BCUT2D eigenvalue weighted by molar-refractivity contribution is 7.09. The van der Waals surface area contributed by atoms with Gasteiger partial charge in [0.2, 0.25) is 5.91 Å². The smallest absolute Gasteiger partial charge is 0.279 e. The average molecular weight is 331 g/mol. The number of nitrogens with one attached hydrogen (secondary N) is 1. The van der Waals surface area contributed by atoms with Gasteiger partial charge in [-0.2, -0.15) is 4.99 Å². The first-order valence-electron chi connectivity index (χ1n) is 7.54. The van der Waals surface area contributed by atoms with Gasteiger partial charge in [-0.15, -0.1) is 11.3 Å². The second-order valence-electron chi connectivity index (χ2n) is 5.39. The first kappa shape index (κ1) is 17.1. The van der Waals surface area contributed by atoms with Crippen molar-refractivity contribution in [3.05, 3.63) is 51.3 Å². The number of hydrogen-bond donors (Lipinski definition) is 1. The van der Waals surface area contributed by atoms with Crippen LogP contribution in [0.15, 0.2) is 35.5 Å². The van der Waals surface area contributed by atoms with Gasteiger partial charge in [-0.25, -0.2) is 0 Å². The molecule has 0 bridgehead atoms. The fourth-order valence-electron chi connectivity index (χ4n) is 2.13. The Morgan fingerprint density at radius 2 is 1.91 bits per heavy atom. The van der Waals surface area contributed by atoms with Gasteiger partial charge in [0.1, 0.15) is 6.04 Å². The van der Waals surface area contributed by atoms with Gasteiger partial charge < -0.3 is 9.88 Å². The van der Waals surface area contributed by atoms with Crippen molar-refractivity contribution in [1.29, 1.82) is 0 Å². The summed E-state index contributed by atoms with van der Waals surface area (Å²) in [6.45, 7) is 8.14. The zero-order valence-electron chi connectivity index (χ0n) is 13.8. The lowest BCUT2D eigenvalue weighted by atomic mass is 10.1. The largest absolute Gasteiger partial charge is 0.355 e. The molecule has 0 aliphatic rings. The Bertz CT molecular complexity index is 772. The Morgan fingerprint density at radius 1 is 1.26 bits per heavy atom. The second-order valence-corrected chi connectivity index (χ2v) is 6.60. The Labute approximate surface area is 139 Å². The fraction of sp³-hybridized carbons (Fsp3) is 0.353. The Hall–Kier alpha value is -2.21. The van der Waals surface area contributed by atoms with Gasteiger partial charge in [0.25, 0.3) is 5.91 Å². The maximum atomic E-state index is 12.3. The van der Waals surface area contributed by atoms with Crippen molar-refractivity contribution < 1.29 is 9.59 Å². The maximum absolute atomic E-state index is 12.3. The lowest BCUT2D eigenvalue weighted by molar-refractivity contribution is -0.123. The average Bonchev–Trinajstić information content (AvgIpc) is 2.87. The highest BCUT2D eigenvalue weighted by Gasteiger charge is 2.16. The molecule has 1 N–H and O–H groups in total. The van der Waals surface area contributed by atoms with Crippen LogP contribution in [0.25, 0.3) is 0 Å². The molecule has 0 aliphatic heterocycles. The molecule has 0 saturated heterocycles. The van der Waals surface area contributed by atoms with Crippen LogP contribution in [0.4, 0.5) is 0 Å². The van der Waals surface area contributed by atoms with E-state index in [1.54, 1.807) is 23.6 Å². The van der Waals surface area contributed by atoms with E-state index < -0.39 is 6.04 Å². The highest BCUT2D eigenvalue weighted by atomic mass is 32.1. The lowest BCUT2D eigenvalue weighted by Crippen LogP contribution is -2.34. The first-order chi connectivity index (χ1) is 10.9. The van der Waals surface area contributed by atoms with Crippen LogP contribution < -0.4 is 10.1 Å². The van der Waals surface area contributed by atoms with Gasteiger partial charge in [-0.05, 0) is 39.8 Å². The molecule has 122 valence electrons. The Morgan fingerprint density at radius 3 is 2.52 bits per heavy atom. The molecule has 0 aliphatic carbocycles. The molecule has 2 aromatic rings. The van der Waals surface area contributed by atoms with Crippen molar-refractivity contribution in [3.63, 3.8) is 0 Å². The number of rotatable bonds is 4. The molecule has 1 heterocycles. The number of nitrogens with zero attached hydrogens (tertiary/aromatic N) is 2. The standard InChI is InChI=1S/C17H21N3O2S/c1-5-18-15(21)13(4)20-10-12(3)23-17(20)19-16(22)14-8-6-11(2)7-9-14/h6-10,13H,5H2,1-4H3,(H,18,21)/t13-/m1/s1. The molecule has 0 fully saturated rings. The van der Waals surface area contributed by atoms with E-state index in [4.69, 9.17) is 0 Å². The third-order valence-corrected chi connectivity index (χ3v) is 4.35. The summed E-state index contributed by atoms with van der Waals surface area (Å²) in [5.41, 5.74) is 1.63. The van der Waals surface area contributed by atoms with E-state index in [2.05, 4.69) is 10.3 Å². The molecule has 1 aromatic heterocycles. The molecule has 2 amide bonds. The summed E-state index contributed by atoms with van der Waals surface area (Å²) < 4.78 is 1.75. The van der Waals surface area contributed by atoms with Crippen LogP contribution >= 0.6 is 11.3 Å². The van der Waals surface area contributed by atoms with E-state index in [9.17, 15) is 9.59 Å². The highest BCUT2D eigenvalue weighted by Crippen LogP contribution is 2.10. The van der Waals surface area contributed by atoms with Crippen LogP contribution in [0, 0.1) is 13.8 Å². The van der Waals surface area contributed by atoms with Crippen LogP contribution in [0.2, 0.25) is 0 Å². The number of aromatic nitrogens is 1. The quantitative estimate of drug-likeness (QED) is 0.936. The van der Waals surface area contributed by atoms with E-state index in [0.29, 0.717) is 16.9 Å². The van der Waals surface area contributed by atoms with Crippen molar-refractivity contribution >= 4 is 23.2 Å². The van der Waals surface area contributed by atoms with Crippen LogP contribution in [0.3, 0.4) is 0 Å². The summed E-state index contributed by atoms with van der Waals surface area (Å²) in [5, 5.41) is 2.79. The number of hydrogen-bond acceptors (Lipinski definition) is 3. The molecule has 6 heteroatoms. The van der Waals surface area contributed by atoms with Crippen molar-refractivity contribution in [2.24, 2.45) is 4.99 Å². The maximum Gasteiger partial charge on any atom is 0.279 e. The lowest BCUT2D eigenvalue weighted by Gasteiger charge is -2.12. The van der Waals surface area contributed by atoms with E-state index in [-0.39, 0.29) is 11.8 Å². The predicted octanol–water partition coefficient (Wildman–Crippen LogP) is 2.60.